The molecule has 0 bridgehead atoms. The van der Waals surface area contributed by atoms with Crippen molar-refractivity contribution in [2.45, 2.75) is 31.0 Å². The Kier molecular flexibility index (Phi) is 4.34. The van der Waals surface area contributed by atoms with E-state index in [1.54, 1.807) is 0 Å². The van der Waals surface area contributed by atoms with E-state index in [0.717, 1.165) is 12.8 Å². The molecule has 0 aromatic heterocycles. The highest BCUT2D eigenvalue weighted by Gasteiger charge is 2.29. The normalized spacial score (nSPS) is 22.0. The summed E-state index contributed by atoms with van der Waals surface area (Å²) in [5, 5.41) is 13.2. The molecule has 21 heavy (non-hydrogen) atoms. The van der Waals surface area contributed by atoms with Crippen molar-refractivity contribution in [3.05, 3.63) is 71.3 Å². The van der Waals surface area contributed by atoms with Crippen molar-refractivity contribution < 1.29 is 5.11 Å². The van der Waals surface area contributed by atoms with Gasteiger partial charge >= 0.3 is 0 Å². The minimum absolute atomic E-state index is 0.0516. The largest absolute Gasteiger partial charge is 0.395 e. The number of rotatable bonds is 5. The van der Waals surface area contributed by atoms with Gasteiger partial charge in [0.15, 0.2) is 0 Å². The average molecular weight is 282 g/mol. The van der Waals surface area contributed by atoms with Crippen molar-refractivity contribution in [2.75, 3.05) is 6.61 Å². The highest BCUT2D eigenvalue weighted by atomic mass is 16.3. The molecule has 2 aromatic rings. The number of benzene rings is 2. The fourth-order valence-corrected chi connectivity index (χ4v) is 3.19. The summed E-state index contributed by atoms with van der Waals surface area (Å²) < 4.78 is 0. The second-order valence-corrected chi connectivity index (χ2v) is 5.76. The second kappa shape index (κ2) is 6.39. The molecular formula is C18H22N2O. The zero-order chi connectivity index (χ0) is 14.7. The Morgan fingerprint density at radius 3 is 2.43 bits per heavy atom. The standard InChI is InChI=1S/C18H22N2O/c19-17-11-18(16-9-5-4-8-15(16)17)20-14(12-21)10-13-6-2-1-3-7-13/h1-9,14,17-18,20-21H,10-12,19H2/t14-,17?,18?/m1/s1. The van der Waals surface area contributed by atoms with Gasteiger partial charge in [0.2, 0.25) is 0 Å². The monoisotopic (exact) mass is 282 g/mol. The Bertz CT molecular complexity index is 585. The van der Waals surface area contributed by atoms with Gasteiger partial charge in [-0.25, -0.2) is 0 Å². The molecule has 0 saturated carbocycles. The molecule has 2 unspecified atom stereocenters. The molecule has 1 aliphatic rings. The molecular weight excluding hydrogens is 260 g/mol. The summed E-state index contributed by atoms with van der Waals surface area (Å²) in [5.41, 5.74) is 9.94. The van der Waals surface area contributed by atoms with Crippen molar-refractivity contribution in [1.29, 1.82) is 0 Å². The van der Waals surface area contributed by atoms with Crippen LogP contribution in [-0.2, 0) is 6.42 Å². The number of nitrogens with two attached hydrogens (primary N) is 1. The van der Waals surface area contributed by atoms with Crippen molar-refractivity contribution in [1.82, 2.24) is 5.32 Å². The van der Waals surface area contributed by atoms with E-state index in [-0.39, 0.29) is 24.7 Å². The first-order valence-corrected chi connectivity index (χ1v) is 7.53. The van der Waals surface area contributed by atoms with Gasteiger partial charge in [-0.15, -0.1) is 0 Å². The lowest BCUT2D eigenvalue weighted by atomic mass is 10.0. The fraction of sp³-hybridized carbons (Fsp3) is 0.333. The summed E-state index contributed by atoms with van der Waals surface area (Å²) >= 11 is 0. The highest BCUT2D eigenvalue weighted by Crippen LogP contribution is 2.37. The Balaban J connectivity index is 1.71. The highest BCUT2D eigenvalue weighted by molar-refractivity contribution is 5.37. The van der Waals surface area contributed by atoms with E-state index >= 15 is 0 Å². The topological polar surface area (TPSA) is 58.3 Å². The molecule has 4 N–H and O–H groups in total. The van der Waals surface area contributed by atoms with Gasteiger partial charge in [0.25, 0.3) is 0 Å². The van der Waals surface area contributed by atoms with E-state index in [1.807, 2.05) is 24.3 Å². The number of fused-ring (bicyclic) bond motifs is 1. The minimum Gasteiger partial charge on any atom is -0.395 e. The van der Waals surface area contributed by atoms with Crippen LogP contribution in [0.3, 0.4) is 0 Å². The van der Waals surface area contributed by atoms with E-state index in [4.69, 9.17) is 5.73 Å². The van der Waals surface area contributed by atoms with E-state index in [2.05, 4.69) is 35.6 Å². The van der Waals surface area contributed by atoms with Crippen LogP contribution in [0.15, 0.2) is 54.6 Å². The number of hydrogen-bond donors (Lipinski definition) is 3. The Labute approximate surface area is 125 Å². The molecule has 3 heteroatoms. The van der Waals surface area contributed by atoms with Crippen molar-refractivity contribution >= 4 is 0 Å². The van der Waals surface area contributed by atoms with Crippen LogP contribution < -0.4 is 11.1 Å². The number of nitrogens with one attached hydrogen (secondary N) is 1. The first kappa shape index (κ1) is 14.3. The van der Waals surface area contributed by atoms with Gasteiger partial charge in [0, 0.05) is 18.1 Å². The van der Waals surface area contributed by atoms with Crippen molar-refractivity contribution in [2.24, 2.45) is 5.73 Å². The van der Waals surface area contributed by atoms with Gasteiger partial charge < -0.3 is 16.2 Å². The van der Waals surface area contributed by atoms with Crippen LogP contribution in [0.2, 0.25) is 0 Å². The molecule has 0 spiro atoms. The lowest BCUT2D eigenvalue weighted by Crippen LogP contribution is -2.36. The molecule has 0 heterocycles. The average Bonchev–Trinajstić information content (AvgIpc) is 2.84. The van der Waals surface area contributed by atoms with Gasteiger partial charge in [-0.1, -0.05) is 54.6 Å². The molecule has 1 aliphatic carbocycles. The molecule has 0 amide bonds. The van der Waals surface area contributed by atoms with Gasteiger partial charge in [-0.2, -0.15) is 0 Å². The van der Waals surface area contributed by atoms with Crippen LogP contribution in [0.4, 0.5) is 0 Å². The lowest BCUT2D eigenvalue weighted by Gasteiger charge is -2.22. The first-order chi connectivity index (χ1) is 10.3. The van der Waals surface area contributed by atoms with Crippen LogP contribution in [-0.4, -0.2) is 17.8 Å². The molecule has 3 nitrogen and oxygen atoms in total. The fourth-order valence-electron chi connectivity index (χ4n) is 3.19. The quantitative estimate of drug-likeness (QED) is 0.789. The maximum atomic E-state index is 9.67. The number of hydrogen-bond acceptors (Lipinski definition) is 3. The van der Waals surface area contributed by atoms with E-state index in [0.29, 0.717) is 0 Å². The molecule has 3 rings (SSSR count). The maximum absolute atomic E-state index is 9.67. The SMILES string of the molecule is NC1CC(N[C@@H](CO)Cc2ccccc2)c2ccccc21. The third-order valence-electron chi connectivity index (χ3n) is 4.24. The van der Waals surface area contributed by atoms with E-state index in [9.17, 15) is 5.11 Å². The van der Waals surface area contributed by atoms with Gasteiger partial charge in [-0.3, -0.25) is 0 Å². The molecule has 3 atom stereocenters. The third-order valence-corrected chi connectivity index (χ3v) is 4.24. The van der Waals surface area contributed by atoms with Gasteiger partial charge in [-0.05, 0) is 29.5 Å². The molecule has 0 saturated heterocycles. The lowest BCUT2D eigenvalue weighted by molar-refractivity contribution is 0.229. The Morgan fingerprint density at radius 1 is 1.05 bits per heavy atom. The molecule has 0 fully saturated rings. The predicted octanol–water partition coefficient (Wildman–Crippen LogP) is 2.32. The molecule has 2 aromatic carbocycles. The third kappa shape index (κ3) is 3.16. The van der Waals surface area contributed by atoms with Crippen LogP contribution >= 0.6 is 0 Å². The summed E-state index contributed by atoms with van der Waals surface area (Å²) in [4.78, 5) is 0. The summed E-state index contributed by atoms with van der Waals surface area (Å²) in [6, 6.07) is 19.0. The summed E-state index contributed by atoms with van der Waals surface area (Å²) in [6.07, 6.45) is 1.72. The molecule has 0 radical (unpaired) electrons. The zero-order valence-electron chi connectivity index (χ0n) is 12.1. The smallest absolute Gasteiger partial charge is 0.0588 e. The number of aliphatic hydroxyl groups is 1. The van der Waals surface area contributed by atoms with Crippen LogP contribution in [0, 0.1) is 0 Å². The zero-order valence-corrected chi connectivity index (χ0v) is 12.1. The summed E-state index contributed by atoms with van der Waals surface area (Å²) in [6.45, 7) is 0.128. The summed E-state index contributed by atoms with van der Waals surface area (Å²) in [7, 11) is 0. The van der Waals surface area contributed by atoms with E-state index in [1.165, 1.54) is 16.7 Å². The first-order valence-electron chi connectivity index (χ1n) is 7.53. The molecule has 110 valence electrons. The minimum atomic E-state index is 0.0516. The maximum Gasteiger partial charge on any atom is 0.0588 e. The Hall–Kier alpha value is -1.68. The Morgan fingerprint density at radius 2 is 1.71 bits per heavy atom. The second-order valence-electron chi connectivity index (χ2n) is 5.76. The van der Waals surface area contributed by atoms with E-state index < -0.39 is 0 Å². The van der Waals surface area contributed by atoms with Crippen LogP contribution in [0.1, 0.15) is 35.2 Å². The predicted molar refractivity (Wildman–Crippen MR) is 84.9 cm³/mol. The van der Waals surface area contributed by atoms with Crippen molar-refractivity contribution in [3.8, 4) is 0 Å². The van der Waals surface area contributed by atoms with Crippen LogP contribution in [0.5, 0.6) is 0 Å². The number of aliphatic hydroxyl groups excluding tert-OH is 1. The van der Waals surface area contributed by atoms with Crippen LogP contribution in [0.25, 0.3) is 0 Å². The molecule has 0 aliphatic heterocycles. The van der Waals surface area contributed by atoms with Crippen molar-refractivity contribution in [3.63, 3.8) is 0 Å². The summed E-state index contributed by atoms with van der Waals surface area (Å²) in [5.74, 6) is 0. The van der Waals surface area contributed by atoms with Gasteiger partial charge in [0.05, 0.1) is 6.61 Å². The van der Waals surface area contributed by atoms with Gasteiger partial charge in [0.1, 0.15) is 0 Å².